The standard InChI is InChI=1S/C14H20N2O4/c1-4-15(5-2)8-9-20-12-6-7-13(11(3)17)14(10-12)16(18)19/h6-7,10H,4-5,8-9H2,1-3H3. The fourth-order valence-corrected chi connectivity index (χ4v) is 1.88. The van der Waals surface area contributed by atoms with Gasteiger partial charge in [-0.3, -0.25) is 14.9 Å². The smallest absolute Gasteiger partial charge is 0.283 e. The normalized spacial score (nSPS) is 10.6. The molecule has 6 nitrogen and oxygen atoms in total. The van der Waals surface area contributed by atoms with Gasteiger partial charge in [-0.25, -0.2) is 0 Å². The number of carbonyl (C=O) groups is 1. The molecule has 0 amide bonds. The maximum Gasteiger partial charge on any atom is 0.283 e. The van der Waals surface area contributed by atoms with Crippen molar-refractivity contribution < 1.29 is 14.5 Å². The second-order valence-electron chi connectivity index (χ2n) is 4.37. The molecule has 1 aromatic rings. The topological polar surface area (TPSA) is 72.7 Å². The molecule has 0 atom stereocenters. The number of nitro benzene ring substituents is 1. The van der Waals surface area contributed by atoms with Gasteiger partial charge in [-0.1, -0.05) is 13.8 Å². The van der Waals surface area contributed by atoms with Gasteiger partial charge in [0, 0.05) is 6.54 Å². The first-order valence-corrected chi connectivity index (χ1v) is 6.64. The molecule has 1 rings (SSSR count). The second-order valence-corrected chi connectivity index (χ2v) is 4.37. The van der Waals surface area contributed by atoms with Gasteiger partial charge in [-0.05, 0) is 32.1 Å². The number of Topliss-reactive ketones (excluding diaryl/α,β-unsaturated/α-hetero) is 1. The van der Waals surface area contributed by atoms with Crippen molar-refractivity contribution in [2.24, 2.45) is 0 Å². The highest BCUT2D eigenvalue weighted by Gasteiger charge is 2.18. The Morgan fingerprint density at radius 2 is 2.00 bits per heavy atom. The number of nitro groups is 1. The molecule has 0 heterocycles. The Morgan fingerprint density at radius 1 is 1.35 bits per heavy atom. The number of hydrogen-bond acceptors (Lipinski definition) is 5. The van der Waals surface area contributed by atoms with Crippen molar-refractivity contribution in [3.8, 4) is 5.75 Å². The molecule has 6 heteroatoms. The molecule has 0 aromatic heterocycles. The Morgan fingerprint density at radius 3 is 2.50 bits per heavy atom. The molecule has 0 radical (unpaired) electrons. The third-order valence-electron chi connectivity index (χ3n) is 3.12. The number of rotatable bonds is 8. The predicted octanol–water partition coefficient (Wildman–Crippen LogP) is 2.52. The van der Waals surface area contributed by atoms with E-state index in [9.17, 15) is 14.9 Å². The van der Waals surface area contributed by atoms with Crippen LogP contribution in [0.1, 0.15) is 31.1 Å². The van der Waals surface area contributed by atoms with E-state index in [1.54, 1.807) is 6.07 Å². The zero-order valence-corrected chi connectivity index (χ0v) is 12.1. The lowest BCUT2D eigenvalue weighted by molar-refractivity contribution is -0.385. The predicted molar refractivity (Wildman–Crippen MR) is 76.4 cm³/mol. The molecular weight excluding hydrogens is 260 g/mol. The summed E-state index contributed by atoms with van der Waals surface area (Å²) in [7, 11) is 0. The SMILES string of the molecule is CCN(CC)CCOc1ccc(C(C)=O)c([N+](=O)[O-])c1. The number of nitrogens with zero attached hydrogens (tertiary/aromatic N) is 2. The maximum atomic E-state index is 11.3. The summed E-state index contributed by atoms with van der Waals surface area (Å²) in [4.78, 5) is 23.9. The first-order valence-electron chi connectivity index (χ1n) is 6.64. The highest BCUT2D eigenvalue weighted by molar-refractivity contribution is 5.98. The molecule has 0 unspecified atom stereocenters. The first kappa shape index (κ1) is 16.1. The van der Waals surface area contributed by atoms with Crippen LogP contribution in [0.25, 0.3) is 0 Å². The van der Waals surface area contributed by atoms with Gasteiger partial charge in [0.15, 0.2) is 5.78 Å². The highest BCUT2D eigenvalue weighted by Crippen LogP contribution is 2.25. The molecule has 0 aliphatic carbocycles. The number of hydrogen-bond donors (Lipinski definition) is 0. The molecular formula is C14H20N2O4. The van der Waals surface area contributed by atoms with Crippen LogP contribution in [0.5, 0.6) is 5.75 Å². The van der Waals surface area contributed by atoms with E-state index in [1.165, 1.54) is 19.1 Å². The average Bonchev–Trinajstić information content (AvgIpc) is 2.43. The van der Waals surface area contributed by atoms with Crippen LogP contribution >= 0.6 is 0 Å². The Labute approximate surface area is 118 Å². The summed E-state index contributed by atoms with van der Waals surface area (Å²) in [5.41, 5.74) is -0.107. The molecule has 1 aromatic carbocycles. The van der Waals surface area contributed by atoms with Crippen molar-refractivity contribution in [2.75, 3.05) is 26.2 Å². The Kier molecular flexibility index (Phi) is 6.11. The Bertz CT molecular complexity index is 484. The molecule has 0 fully saturated rings. The van der Waals surface area contributed by atoms with E-state index in [4.69, 9.17) is 4.74 Å². The minimum Gasteiger partial charge on any atom is -0.492 e. The van der Waals surface area contributed by atoms with E-state index in [1.807, 2.05) is 0 Å². The Balaban J connectivity index is 2.75. The van der Waals surface area contributed by atoms with Crippen molar-refractivity contribution in [1.82, 2.24) is 4.90 Å². The van der Waals surface area contributed by atoms with E-state index in [0.717, 1.165) is 19.6 Å². The van der Waals surface area contributed by atoms with Crippen molar-refractivity contribution in [3.63, 3.8) is 0 Å². The van der Waals surface area contributed by atoms with Crippen LogP contribution in [0.3, 0.4) is 0 Å². The van der Waals surface area contributed by atoms with Crippen molar-refractivity contribution in [1.29, 1.82) is 0 Å². The van der Waals surface area contributed by atoms with Crippen LogP contribution in [0.15, 0.2) is 18.2 Å². The van der Waals surface area contributed by atoms with Crippen LogP contribution in [0.2, 0.25) is 0 Å². The van der Waals surface area contributed by atoms with Gasteiger partial charge < -0.3 is 9.64 Å². The zero-order valence-electron chi connectivity index (χ0n) is 12.1. The molecule has 0 aliphatic heterocycles. The summed E-state index contributed by atoms with van der Waals surface area (Å²) in [6.45, 7) is 8.52. The summed E-state index contributed by atoms with van der Waals surface area (Å²) in [5.74, 6) is 0.0836. The van der Waals surface area contributed by atoms with E-state index in [0.29, 0.717) is 12.4 Å². The third kappa shape index (κ3) is 4.31. The van der Waals surface area contributed by atoms with E-state index >= 15 is 0 Å². The molecule has 0 bridgehead atoms. The number of ketones is 1. The molecule has 0 aliphatic rings. The Hall–Kier alpha value is -1.95. The number of carbonyl (C=O) groups excluding carboxylic acids is 1. The van der Waals surface area contributed by atoms with Gasteiger partial charge in [0.1, 0.15) is 12.4 Å². The maximum absolute atomic E-state index is 11.3. The molecule has 0 saturated carbocycles. The average molecular weight is 280 g/mol. The monoisotopic (exact) mass is 280 g/mol. The van der Waals surface area contributed by atoms with Gasteiger partial charge in [-0.2, -0.15) is 0 Å². The molecule has 20 heavy (non-hydrogen) atoms. The highest BCUT2D eigenvalue weighted by atomic mass is 16.6. The summed E-state index contributed by atoms with van der Waals surface area (Å²) >= 11 is 0. The van der Waals surface area contributed by atoms with Crippen LogP contribution < -0.4 is 4.74 Å². The minimum atomic E-state index is -0.562. The lowest BCUT2D eigenvalue weighted by Gasteiger charge is -2.18. The fourth-order valence-electron chi connectivity index (χ4n) is 1.88. The van der Waals surface area contributed by atoms with Gasteiger partial charge in [0.2, 0.25) is 0 Å². The lowest BCUT2D eigenvalue weighted by atomic mass is 10.1. The largest absolute Gasteiger partial charge is 0.492 e. The molecule has 110 valence electrons. The van der Waals surface area contributed by atoms with Crippen molar-refractivity contribution in [2.45, 2.75) is 20.8 Å². The first-order chi connectivity index (χ1) is 9.49. The zero-order chi connectivity index (χ0) is 15.1. The number of ether oxygens (including phenoxy) is 1. The quantitative estimate of drug-likeness (QED) is 0.415. The molecule has 0 N–H and O–H groups in total. The van der Waals surface area contributed by atoms with E-state index in [-0.39, 0.29) is 17.0 Å². The van der Waals surface area contributed by atoms with Gasteiger partial charge in [0.05, 0.1) is 16.6 Å². The number of likely N-dealkylation sites (N-methyl/N-ethyl adjacent to an activating group) is 1. The summed E-state index contributed by atoms with van der Waals surface area (Å²) in [5, 5.41) is 10.9. The second kappa shape index (κ2) is 7.59. The van der Waals surface area contributed by atoms with Gasteiger partial charge in [0.25, 0.3) is 5.69 Å². The van der Waals surface area contributed by atoms with Crippen LogP contribution in [0, 0.1) is 10.1 Å². The molecule has 0 spiro atoms. The summed E-state index contributed by atoms with van der Waals surface area (Å²) in [6.07, 6.45) is 0. The van der Waals surface area contributed by atoms with Crippen molar-refractivity contribution >= 4 is 11.5 Å². The van der Waals surface area contributed by atoms with Gasteiger partial charge in [-0.15, -0.1) is 0 Å². The van der Waals surface area contributed by atoms with Gasteiger partial charge >= 0.3 is 0 Å². The van der Waals surface area contributed by atoms with E-state index < -0.39 is 4.92 Å². The number of benzene rings is 1. The third-order valence-corrected chi connectivity index (χ3v) is 3.12. The molecule has 0 saturated heterocycles. The van der Waals surface area contributed by atoms with E-state index in [2.05, 4.69) is 18.7 Å². The summed E-state index contributed by atoms with van der Waals surface area (Å²) < 4.78 is 5.51. The van der Waals surface area contributed by atoms with Crippen LogP contribution in [-0.4, -0.2) is 41.8 Å². The van der Waals surface area contributed by atoms with Crippen LogP contribution in [-0.2, 0) is 0 Å². The lowest BCUT2D eigenvalue weighted by Crippen LogP contribution is -2.27. The minimum absolute atomic E-state index is 0.103. The fraction of sp³-hybridized carbons (Fsp3) is 0.500. The summed E-state index contributed by atoms with van der Waals surface area (Å²) in [6, 6.07) is 4.33. The van der Waals surface area contributed by atoms with Crippen molar-refractivity contribution in [3.05, 3.63) is 33.9 Å². The van der Waals surface area contributed by atoms with Crippen LogP contribution in [0.4, 0.5) is 5.69 Å².